The Morgan fingerprint density at radius 3 is 2.12 bits per heavy atom. The van der Waals surface area contributed by atoms with E-state index in [1.807, 2.05) is 66.7 Å². The number of benzene rings is 2. The molecular weight excluding hydrogens is 300 g/mol. The third-order valence-electron chi connectivity index (χ3n) is 4.09. The van der Waals surface area contributed by atoms with E-state index in [1.54, 1.807) is 5.01 Å². The number of H-pyrrole nitrogens is 1. The van der Waals surface area contributed by atoms with Gasteiger partial charge in [-0.05, 0) is 43.2 Å². The number of hydrazine groups is 1. The quantitative estimate of drug-likeness (QED) is 0.704. The average molecular weight is 318 g/mol. The lowest BCUT2D eigenvalue weighted by atomic mass is 10.2. The van der Waals surface area contributed by atoms with E-state index < -0.39 is 0 Å². The summed E-state index contributed by atoms with van der Waals surface area (Å²) in [6.45, 7) is 0. The van der Waals surface area contributed by atoms with Crippen molar-refractivity contribution in [2.24, 2.45) is 0 Å². The van der Waals surface area contributed by atoms with E-state index in [-0.39, 0.29) is 5.91 Å². The number of carbonyl (C=O) groups is 1. The van der Waals surface area contributed by atoms with Crippen molar-refractivity contribution in [1.29, 1.82) is 0 Å². The minimum Gasteiger partial charge on any atom is -0.281 e. The van der Waals surface area contributed by atoms with Crippen LogP contribution in [0.3, 0.4) is 0 Å². The second-order valence-corrected chi connectivity index (χ2v) is 5.93. The van der Waals surface area contributed by atoms with E-state index in [9.17, 15) is 4.79 Å². The Kier molecular flexibility index (Phi) is 3.75. The van der Waals surface area contributed by atoms with Gasteiger partial charge in [-0.2, -0.15) is 5.10 Å². The van der Waals surface area contributed by atoms with E-state index in [0.29, 0.717) is 11.6 Å². The number of amides is 1. The molecule has 5 heteroatoms. The Balaban J connectivity index is 1.60. The first kappa shape index (κ1) is 14.5. The highest BCUT2D eigenvalue weighted by molar-refractivity contribution is 5.94. The molecule has 0 spiro atoms. The Bertz CT molecular complexity index is 785. The summed E-state index contributed by atoms with van der Waals surface area (Å²) in [5.41, 5.74) is 6.18. The maximum atomic E-state index is 12.6. The molecule has 5 nitrogen and oxygen atoms in total. The molecule has 1 aliphatic carbocycles. The summed E-state index contributed by atoms with van der Waals surface area (Å²) in [6, 6.07) is 21.3. The number of aromatic nitrogens is 2. The van der Waals surface area contributed by atoms with Crippen LogP contribution in [0.1, 0.15) is 34.9 Å². The molecule has 3 aromatic rings. The van der Waals surface area contributed by atoms with Gasteiger partial charge in [0, 0.05) is 11.6 Å². The Hall–Kier alpha value is -3.08. The maximum Gasteiger partial charge on any atom is 0.290 e. The van der Waals surface area contributed by atoms with Crippen molar-refractivity contribution in [3.63, 3.8) is 0 Å². The van der Waals surface area contributed by atoms with Crippen LogP contribution in [-0.4, -0.2) is 16.1 Å². The number of rotatable bonds is 5. The molecule has 1 fully saturated rings. The van der Waals surface area contributed by atoms with Crippen LogP contribution in [0.4, 0.5) is 11.4 Å². The lowest BCUT2D eigenvalue weighted by molar-refractivity contribution is 0.0948. The second-order valence-electron chi connectivity index (χ2n) is 5.93. The molecule has 24 heavy (non-hydrogen) atoms. The fourth-order valence-electron chi connectivity index (χ4n) is 2.65. The van der Waals surface area contributed by atoms with Crippen LogP contribution in [0.2, 0.25) is 0 Å². The molecule has 4 rings (SSSR count). The lowest BCUT2D eigenvalue weighted by Crippen LogP contribution is -2.39. The van der Waals surface area contributed by atoms with Crippen molar-refractivity contribution in [3.8, 4) is 0 Å². The van der Waals surface area contributed by atoms with Crippen molar-refractivity contribution in [1.82, 2.24) is 15.6 Å². The van der Waals surface area contributed by atoms with Gasteiger partial charge < -0.3 is 0 Å². The predicted molar refractivity (Wildman–Crippen MR) is 93.1 cm³/mol. The van der Waals surface area contributed by atoms with Crippen LogP contribution >= 0.6 is 0 Å². The van der Waals surface area contributed by atoms with E-state index >= 15 is 0 Å². The highest BCUT2D eigenvalue weighted by atomic mass is 16.2. The fourth-order valence-corrected chi connectivity index (χ4v) is 2.65. The molecule has 0 bridgehead atoms. The van der Waals surface area contributed by atoms with Crippen LogP contribution in [0.5, 0.6) is 0 Å². The molecule has 1 aromatic heterocycles. The summed E-state index contributed by atoms with van der Waals surface area (Å²) in [7, 11) is 0. The molecule has 0 radical (unpaired) electrons. The van der Waals surface area contributed by atoms with E-state index in [0.717, 1.165) is 17.1 Å². The highest BCUT2D eigenvalue weighted by Crippen LogP contribution is 2.39. The zero-order chi connectivity index (χ0) is 16.4. The zero-order valence-corrected chi connectivity index (χ0v) is 13.1. The summed E-state index contributed by atoms with van der Waals surface area (Å²) in [5.74, 6) is 0.309. The van der Waals surface area contributed by atoms with E-state index in [2.05, 4.69) is 15.6 Å². The number of aromatic amines is 1. The summed E-state index contributed by atoms with van der Waals surface area (Å²) >= 11 is 0. The van der Waals surface area contributed by atoms with Gasteiger partial charge >= 0.3 is 0 Å². The Morgan fingerprint density at radius 1 is 1.00 bits per heavy atom. The summed E-state index contributed by atoms with van der Waals surface area (Å²) in [5, 5.41) is 8.90. The van der Waals surface area contributed by atoms with Crippen molar-refractivity contribution in [2.45, 2.75) is 18.8 Å². The van der Waals surface area contributed by atoms with Gasteiger partial charge in [-0.15, -0.1) is 0 Å². The molecule has 0 aliphatic heterocycles. The highest BCUT2D eigenvalue weighted by Gasteiger charge is 2.27. The molecule has 0 saturated heterocycles. The lowest BCUT2D eigenvalue weighted by Gasteiger charge is -2.25. The monoisotopic (exact) mass is 318 g/mol. The van der Waals surface area contributed by atoms with Crippen molar-refractivity contribution in [3.05, 3.63) is 78.1 Å². The Morgan fingerprint density at radius 2 is 1.58 bits per heavy atom. The SMILES string of the molecule is O=C(NN(c1ccccc1)c1ccccc1)c1cc(C2CC2)[nH]n1. The molecule has 1 saturated carbocycles. The van der Waals surface area contributed by atoms with Crippen molar-refractivity contribution in [2.75, 3.05) is 5.01 Å². The van der Waals surface area contributed by atoms with Gasteiger partial charge in [-0.3, -0.25) is 20.3 Å². The van der Waals surface area contributed by atoms with Gasteiger partial charge in [0.15, 0.2) is 5.69 Å². The minimum absolute atomic E-state index is 0.231. The standard InChI is InChI=1S/C19H18N4O/c24-19(18-13-17(20-21-18)14-11-12-14)22-23(15-7-3-1-4-8-15)16-9-5-2-6-10-16/h1-10,13-14H,11-12H2,(H,20,21)(H,22,24). The fraction of sp³-hybridized carbons (Fsp3) is 0.158. The molecule has 1 heterocycles. The molecular formula is C19H18N4O. The van der Waals surface area contributed by atoms with E-state index in [4.69, 9.17) is 0 Å². The normalized spacial score (nSPS) is 13.5. The van der Waals surface area contributed by atoms with Gasteiger partial charge in [0.25, 0.3) is 5.91 Å². The Labute approximate surface area is 140 Å². The van der Waals surface area contributed by atoms with Gasteiger partial charge in [-0.25, -0.2) is 0 Å². The molecule has 2 aromatic carbocycles. The van der Waals surface area contributed by atoms with Gasteiger partial charge in [0.05, 0.1) is 11.4 Å². The maximum absolute atomic E-state index is 12.6. The molecule has 1 aliphatic rings. The number of nitrogens with zero attached hydrogens (tertiary/aromatic N) is 2. The molecule has 0 atom stereocenters. The van der Waals surface area contributed by atoms with Crippen LogP contribution in [-0.2, 0) is 0 Å². The minimum atomic E-state index is -0.231. The smallest absolute Gasteiger partial charge is 0.281 e. The van der Waals surface area contributed by atoms with Crippen molar-refractivity contribution >= 4 is 17.3 Å². The molecule has 2 N–H and O–H groups in total. The van der Waals surface area contributed by atoms with Crippen molar-refractivity contribution < 1.29 is 4.79 Å². The summed E-state index contributed by atoms with van der Waals surface area (Å²) < 4.78 is 0. The summed E-state index contributed by atoms with van der Waals surface area (Å²) in [4.78, 5) is 12.6. The van der Waals surface area contributed by atoms with Gasteiger partial charge in [0.1, 0.15) is 0 Å². The number of carbonyl (C=O) groups excluding carboxylic acids is 1. The number of para-hydroxylation sites is 2. The first-order valence-corrected chi connectivity index (χ1v) is 8.08. The largest absolute Gasteiger partial charge is 0.290 e. The van der Waals surface area contributed by atoms with E-state index in [1.165, 1.54) is 12.8 Å². The average Bonchev–Trinajstić information content (AvgIpc) is 3.38. The summed E-state index contributed by atoms with van der Waals surface area (Å²) in [6.07, 6.45) is 2.34. The van der Waals surface area contributed by atoms with Crippen LogP contribution in [0, 0.1) is 0 Å². The molecule has 0 unspecified atom stereocenters. The second kappa shape index (κ2) is 6.20. The number of nitrogens with one attached hydrogen (secondary N) is 2. The van der Waals surface area contributed by atoms with Crippen LogP contribution < -0.4 is 10.4 Å². The third-order valence-corrected chi connectivity index (χ3v) is 4.09. The topological polar surface area (TPSA) is 61.0 Å². The van der Waals surface area contributed by atoms with Gasteiger partial charge in [0.2, 0.25) is 0 Å². The molecule has 1 amide bonds. The predicted octanol–water partition coefficient (Wildman–Crippen LogP) is 3.77. The zero-order valence-electron chi connectivity index (χ0n) is 13.1. The third kappa shape index (κ3) is 3.01. The number of anilines is 2. The number of hydrogen-bond donors (Lipinski definition) is 2. The van der Waals surface area contributed by atoms with Gasteiger partial charge in [-0.1, -0.05) is 36.4 Å². The molecule has 120 valence electrons. The first-order valence-electron chi connectivity index (χ1n) is 8.08. The first-order chi connectivity index (χ1) is 11.8. The van der Waals surface area contributed by atoms with Crippen LogP contribution in [0.15, 0.2) is 66.7 Å². The number of hydrogen-bond acceptors (Lipinski definition) is 3. The van der Waals surface area contributed by atoms with Crippen LogP contribution in [0.25, 0.3) is 0 Å².